The van der Waals surface area contributed by atoms with Crippen molar-refractivity contribution in [2.24, 2.45) is 5.92 Å². The van der Waals surface area contributed by atoms with E-state index in [9.17, 15) is 4.79 Å². The van der Waals surface area contributed by atoms with Crippen LogP contribution >= 0.6 is 0 Å². The van der Waals surface area contributed by atoms with Gasteiger partial charge in [-0.2, -0.15) is 0 Å². The van der Waals surface area contributed by atoms with E-state index in [0.29, 0.717) is 6.04 Å². The van der Waals surface area contributed by atoms with Crippen molar-refractivity contribution in [1.82, 2.24) is 5.32 Å². The van der Waals surface area contributed by atoms with E-state index < -0.39 is 6.10 Å². The van der Waals surface area contributed by atoms with Crippen LogP contribution in [0.5, 0.6) is 0 Å². The predicted molar refractivity (Wildman–Crippen MR) is 55.9 cm³/mol. The van der Waals surface area contributed by atoms with Crippen LogP contribution in [0.1, 0.15) is 46.0 Å². The number of aliphatic hydroxyl groups is 1. The highest BCUT2D eigenvalue weighted by Gasteiger charge is 2.19. The van der Waals surface area contributed by atoms with Gasteiger partial charge in [-0.25, -0.2) is 0 Å². The Balaban J connectivity index is 2.20. The average Bonchev–Trinajstić information content (AvgIpc) is 2.07. The van der Waals surface area contributed by atoms with Gasteiger partial charge in [0.15, 0.2) is 0 Å². The maximum Gasteiger partial charge on any atom is 0.222 e. The fourth-order valence-corrected chi connectivity index (χ4v) is 1.96. The number of hydrogen-bond donors (Lipinski definition) is 2. The summed E-state index contributed by atoms with van der Waals surface area (Å²) in [5.41, 5.74) is 0. The van der Waals surface area contributed by atoms with Crippen LogP contribution in [0.3, 0.4) is 0 Å². The molecule has 1 saturated carbocycles. The van der Waals surface area contributed by atoms with Crippen LogP contribution in [-0.4, -0.2) is 23.2 Å². The summed E-state index contributed by atoms with van der Waals surface area (Å²) in [5.74, 6) is 0.791. The molecule has 0 aromatic heterocycles. The minimum Gasteiger partial charge on any atom is -0.393 e. The Bertz CT molecular complexity index is 184. The van der Waals surface area contributed by atoms with E-state index in [1.165, 1.54) is 12.8 Å². The molecular formula is C11H21NO2. The number of nitrogens with one attached hydrogen (secondary N) is 1. The van der Waals surface area contributed by atoms with Gasteiger partial charge >= 0.3 is 0 Å². The summed E-state index contributed by atoms with van der Waals surface area (Å²) in [5, 5.41) is 12.0. The molecule has 0 aromatic rings. The van der Waals surface area contributed by atoms with Gasteiger partial charge in [-0.3, -0.25) is 4.79 Å². The molecule has 0 aliphatic heterocycles. The van der Waals surface area contributed by atoms with E-state index in [-0.39, 0.29) is 12.3 Å². The van der Waals surface area contributed by atoms with Crippen LogP contribution in [0.2, 0.25) is 0 Å². The third kappa shape index (κ3) is 4.09. The van der Waals surface area contributed by atoms with Crippen LogP contribution in [0.25, 0.3) is 0 Å². The Labute approximate surface area is 85.9 Å². The standard InChI is InChI=1S/C11H21NO2/c1-8-3-5-10(6-4-8)12-11(14)7-9(2)13/h8-10,13H,3-7H2,1-2H3,(H,12,14)/t8?,9-,10?/m1/s1. The SMILES string of the molecule is CC1CCC(NC(=O)C[C@@H](C)O)CC1. The second kappa shape index (κ2) is 5.35. The fourth-order valence-electron chi connectivity index (χ4n) is 1.96. The molecule has 0 radical (unpaired) electrons. The summed E-state index contributed by atoms with van der Waals surface area (Å²) >= 11 is 0. The van der Waals surface area contributed by atoms with Crippen molar-refractivity contribution < 1.29 is 9.90 Å². The van der Waals surface area contributed by atoms with Crippen molar-refractivity contribution in [3.8, 4) is 0 Å². The molecule has 0 unspecified atom stereocenters. The zero-order valence-electron chi connectivity index (χ0n) is 9.12. The monoisotopic (exact) mass is 199 g/mol. The number of amides is 1. The van der Waals surface area contributed by atoms with Crippen molar-refractivity contribution in [3.05, 3.63) is 0 Å². The highest BCUT2D eigenvalue weighted by Crippen LogP contribution is 2.23. The Hall–Kier alpha value is -0.570. The van der Waals surface area contributed by atoms with Gasteiger partial charge in [0.2, 0.25) is 5.91 Å². The number of rotatable bonds is 3. The van der Waals surface area contributed by atoms with E-state index in [2.05, 4.69) is 12.2 Å². The molecular weight excluding hydrogens is 178 g/mol. The maximum atomic E-state index is 11.3. The van der Waals surface area contributed by atoms with Gasteiger partial charge in [-0.1, -0.05) is 6.92 Å². The smallest absolute Gasteiger partial charge is 0.222 e. The molecule has 1 fully saturated rings. The third-order valence-corrected chi connectivity index (χ3v) is 2.86. The number of carbonyl (C=O) groups excluding carboxylic acids is 1. The van der Waals surface area contributed by atoms with Crippen LogP contribution in [0.4, 0.5) is 0 Å². The van der Waals surface area contributed by atoms with Crippen molar-refractivity contribution in [3.63, 3.8) is 0 Å². The lowest BCUT2D eigenvalue weighted by molar-refractivity contribution is -0.123. The molecule has 1 rings (SSSR count). The molecule has 3 heteroatoms. The van der Waals surface area contributed by atoms with Crippen LogP contribution < -0.4 is 5.32 Å². The van der Waals surface area contributed by atoms with Gasteiger partial charge in [-0.05, 0) is 38.5 Å². The first-order chi connectivity index (χ1) is 6.58. The van der Waals surface area contributed by atoms with E-state index in [1.54, 1.807) is 6.92 Å². The molecule has 0 saturated heterocycles. The zero-order valence-corrected chi connectivity index (χ0v) is 9.12. The van der Waals surface area contributed by atoms with Gasteiger partial charge in [-0.15, -0.1) is 0 Å². The van der Waals surface area contributed by atoms with Crippen molar-refractivity contribution in [2.45, 2.75) is 58.1 Å². The number of aliphatic hydroxyl groups excluding tert-OH is 1. The molecule has 0 bridgehead atoms. The Kier molecular flexibility index (Phi) is 4.39. The molecule has 1 aliphatic rings. The van der Waals surface area contributed by atoms with Crippen molar-refractivity contribution in [2.75, 3.05) is 0 Å². The lowest BCUT2D eigenvalue weighted by Crippen LogP contribution is -2.38. The second-order valence-corrected chi connectivity index (χ2v) is 4.58. The summed E-state index contributed by atoms with van der Waals surface area (Å²) in [7, 11) is 0. The lowest BCUT2D eigenvalue weighted by atomic mass is 9.87. The molecule has 1 amide bonds. The lowest BCUT2D eigenvalue weighted by Gasteiger charge is -2.27. The summed E-state index contributed by atoms with van der Waals surface area (Å²) in [6, 6.07) is 0.345. The first kappa shape index (κ1) is 11.5. The van der Waals surface area contributed by atoms with Gasteiger partial charge in [0.1, 0.15) is 0 Å². The summed E-state index contributed by atoms with van der Waals surface area (Å²) in [4.78, 5) is 11.3. The minimum atomic E-state index is -0.530. The average molecular weight is 199 g/mol. The zero-order chi connectivity index (χ0) is 10.6. The molecule has 2 N–H and O–H groups in total. The highest BCUT2D eigenvalue weighted by molar-refractivity contribution is 5.76. The topological polar surface area (TPSA) is 49.3 Å². The van der Waals surface area contributed by atoms with Crippen molar-refractivity contribution in [1.29, 1.82) is 0 Å². The van der Waals surface area contributed by atoms with Gasteiger partial charge in [0, 0.05) is 6.04 Å². The molecule has 14 heavy (non-hydrogen) atoms. The van der Waals surface area contributed by atoms with Crippen LogP contribution in [-0.2, 0) is 4.79 Å². The molecule has 0 spiro atoms. The third-order valence-electron chi connectivity index (χ3n) is 2.86. The van der Waals surface area contributed by atoms with Gasteiger partial charge in [0.05, 0.1) is 12.5 Å². The Morgan fingerprint density at radius 2 is 2.00 bits per heavy atom. The Morgan fingerprint density at radius 1 is 1.43 bits per heavy atom. The molecule has 3 nitrogen and oxygen atoms in total. The van der Waals surface area contributed by atoms with E-state index in [1.807, 2.05) is 0 Å². The van der Waals surface area contributed by atoms with Crippen molar-refractivity contribution >= 4 is 5.91 Å². The largest absolute Gasteiger partial charge is 0.393 e. The van der Waals surface area contributed by atoms with Crippen LogP contribution in [0.15, 0.2) is 0 Å². The minimum absolute atomic E-state index is 0.0143. The quantitative estimate of drug-likeness (QED) is 0.723. The number of hydrogen-bond acceptors (Lipinski definition) is 2. The van der Waals surface area contributed by atoms with Gasteiger partial charge < -0.3 is 10.4 Å². The molecule has 0 aromatic carbocycles. The molecule has 1 aliphatic carbocycles. The molecule has 0 heterocycles. The predicted octanol–water partition coefficient (Wildman–Crippen LogP) is 1.45. The van der Waals surface area contributed by atoms with E-state index in [4.69, 9.17) is 5.11 Å². The molecule has 1 atom stereocenters. The first-order valence-electron chi connectivity index (χ1n) is 5.55. The fraction of sp³-hybridized carbons (Fsp3) is 0.909. The second-order valence-electron chi connectivity index (χ2n) is 4.58. The first-order valence-corrected chi connectivity index (χ1v) is 5.55. The maximum absolute atomic E-state index is 11.3. The normalized spacial score (nSPS) is 29.6. The summed E-state index contributed by atoms with van der Waals surface area (Å²) in [6.07, 6.45) is 4.29. The summed E-state index contributed by atoms with van der Waals surface area (Å²) < 4.78 is 0. The van der Waals surface area contributed by atoms with Crippen LogP contribution in [0, 0.1) is 5.92 Å². The molecule has 82 valence electrons. The van der Waals surface area contributed by atoms with Gasteiger partial charge in [0.25, 0.3) is 0 Å². The summed E-state index contributed by atoms with van der Waals surface area (Å²) in [6.45, 7) is 3.90. The van der Waals surface area contributed by atoms with E-state index >= 15 is 0 Å². The number of carbonyl (C=O) groups is 1. The van der Waals surface area contributed by atoms with E-state index in [0.717, 1.165) is 18.8 Å². The highest BCUT2D eigenvalue weighted by atomic mass is 16.3. The Morgan fingerprint density at radius 3 is 2.50 bits per heavy atom.